The molecular formula is C23H19N3O8S. The van der Waals surface area contributed by atoms with Gasteiger partial charge in [0.05, 0.1) is 16.1 Å². The number of hydrogen-bond acceptors (Lipinski definition) is 8. The summed E-state index contributed by atoms with van der Waals surface area (Å²) in [7, 11) is 0. The minimum Gasteiger partial charge on any atom is -0.478 e. The highest BCUT2D eigenvalue weighted by atomic mass is 32.2. The third-order valence-corrected chi connectivity index (χ3v) is 6.98. The van der Waals surface area contributed by atoms with Crippen LogP contribution in [0.5, 0.6) is 0 Å². The molecule has 2 aliphatic heterocycles. The molecule has 0 bridgehead atoms. The van der Waals surface area contributed by atoms with Crippen LogP contribution in [0.15, 0.2) is 59.8 Å². The van der Waals surface area contributed by atoms with Gasteiger partial charge >= 0.3 is 11.9 Å². The molecule has 2 aromatic carbocycles. The Morgan fingerprint density at radius 2 is 1.83 bits per heavy atom. The van der Waals surface area contributed by atoms with Crippen LogP contribution in [-0.4, -0.2) is 55.9 Å². The molecule has 180 valence electrons. The van der Waals surface area contributed by atoms with Gasteiger partial charge in [-0.25, -0.2) is 9.59 Å². The standard InChI is InChI=1S/C23H19N3O8S/c1-12-11-35-21-17(24-19(27)15-4-2-3-5-16(15)22(29)30)20(28)25(21)18(12)23(31)34-10-13-6-8-14(9-7-13)26(32)33/h2-9,17,21H,10-11H2,1H3,(H,24,27)(H,29,30)/t17?,21-/m0/s1. The van der Waals surface area contributed by atoms with E-state index in [1.165, 1.54) is 65.2 Å². The van der Waals surface area contributed by atoms with Crippen LogP contribution in [0.3, 0.4) is 0 Å². The number of carbonyl (C=O) groups is 4. The van der Waals surface area contributed by atoms with Crippen molar-refractivity contribution in [2.45, 2.75) is 24.9 Å². The van der Waals surface area contributed by atoms with Crippen molar-refractivity contribution in [1.82, 2.24) is 10.2 Å². The Morgan fingerprint density at radius 1 is 1.17 bits per heavy atom. The SMILES string of the molecule is CC1=C(C(=O)OCc2ccc([N+](=O)[O-])cc2)N2C(=O)C(NC(=O)c3ccccc3C(=O)O)[C@@H]2SC1. The summed E-state index contributed by atoms with van der Waals surface area (Å²) in [6, 6.07) is 10.3. The van der Waals surface area contributed by atoms with Crippen LogP contribution >= 0.6 is 11.8 Å². The van der Waals surface area contributed by atoms with E-state index in [1.54, 1.807) is 6.92 Å². The Balaban J connectivity index is 1.43. The van der Waals surface area contributed by atoms with E-state index in [0.717, 1.165) is 0 Å². The number of esters is 1. The summed E-state index contributed by atoms with van der Waals surface area (Å²) in [4.78, 5) is 61.3. The molecule has 11 nitrogen and oxygen atoms in total. The monoisotopic (exact) mass is 497 g/mol. The molecule has 2 heterocycles. The number of rotatable bonds is 7. The molecular weight excluding hydrogens is 478 g/mol. The molecule has 1 unspecified atom stereocenters. The molecule has 35 heavy (non-hydrogen) atoms. The van der Waals surface area contributed by atoms with Crippen LogP contribution in [0.2, 0.25) is 0 Å². The lowest BCUT2D eigenvalue weighted by atomic mass is 10.0. The fourth-order valence-corrected chi connectivity index (χ4v) is 5.07. The lowest BCUT2D eigenvalue weighted by Gasteiger charge is -2.49. The van der Waals surface area contributed by atoms with Gasteiger partial charge in [0.1, 0.15) is 23.7 Å². The second kappa shape index (κ2) is 9.58. The molecule has 12 heteroatoms. The maximum absolute atomic E-state index is 12.9. The van der Waals surface area contributed by atoms with Gasteiger partial charge in [0.25, 0.3) is 17.5 Å². The van der Waals surface area contributed by atoms with E-state index in [2.05, 4.69) is 5.32 Å². The number of nitro groups is 1. The lowest BCUT2D eigenvalue weighted by molar-refractivity contribution is -0.384. The van der Waals surface area contributed by atoms with Gasteiger partial charge in [0.2, 0.25) is 0 Å². The highest BCUT2D eigenvalue weighted by Gasteiger charge is 2.54. The Kier molecular flexibility index (Phi) is 6.56. The summed E-state index contributed by atoms with van der Waals surface area (Å²) in [5.41, 5.74) is 0.932. The number of carbonyl (C=O) groups excluding carboxylic acids is 3. The summed E-state index contributed by atoms with van der Waals surface area (Å²) in [6.45, 7) is 1.56. The van der Waals surface area contributed by atoms with Crippen molar-refractivity contribution in [2.24, 2.45) is 0 Å². The van der Waals surface area contributed by atoms with E-state index in [-0.39, 0.29) is 29.1 Å². The minimum atomic E-state index is -1.26. The first-order chi connectivity index (χ1) is 16.7. The van der Waals surface area contributed by atoms with Gasteiger partial charge < -0.3 is 15.2 Å². The zero-order chi connectivity index (χ0) is 25.3. The zero-order valence-electron chi connectivity index (χ0n) is 18.3. The summed E-state index contributed by atoms with van der Waals surface area (Å²) < 4.78 is 5.34. The minimum absolute atomic E-state index is 0.0680. The van der Waals surface area contributed by atoms with E-state index < -0.39 is 40.1 Å². The third kappa shape index (κ3) is 4.60. The number of carboxylic acids is 1. The van der Waals surface area contributed by atoms with Crippen LogP contribution in [0.4, 0.5) is 5.69 Å². The molecule has 4 rings (SSSR count). The van der Waals surface area contributed by atoms with E-state index in [4.69, 9.17) is 4.74 Å². The number of non-ortho nitro benzene ring substituents is 1. The van der Waals surface area contributed by atoms with E-state index in [1.807, 2.05) is 0 Å². The van der Waals surface area contributed by atoms with Gasteiger partial charge in [0, 0.05) is 17.9 Å². The number of nitrogens with zero attached hydrogens (tertiary/aromatic N) is 2. The highest BCUT2D eigenvalue weighted by Crippen LogP contribution is 2.40. The van der Waals surface area contributed by atoms with Crippen molar-refractivity contribution in [3.8, 4) is 0 Å². The Labute approximate surface area is 202 Å². The third-order valence-electron chi connectivity index (χ3n) is 5.56. The number of fused-ring (bicyclic) bond motifs is 1. The van der Waals surface area contributed by atoms with Crippen molar-refractivity contribution < 1.29 is 33.9 Å². The maximum Gasteiger partial charge on any atom is 0.355 e. The average molecular weight is 497 g/mol. The molecule has 2 amide bonds. The molecule has 1 saturated heterocycles. The molecule has 0 aliphatic carbocycles. The number of carboxylic acid groups (broad SMARTS) is 1. The van der Waals surface area contributed by atoms with Gasteiger partial charge in [-0.3, -0.25) is 24.6 Å². The normalized spacial score (nSPS) is 18.9. The lowest BCUT2D eigenvalue weighted by Crippen LogP contribution is -2.70. The van der Waals surface area contributed by atoms with Gasteiger partial charge in [0.15, 0.2) is 0 Å². The Hall–Kier alpha value is -4.19. The first-order valence-corrected chi connectivity index (χ1v) is 11.4. The van der Waals surface area contributed by atoms with Gasteiger partial charge in [-0.1, -0.05) is 12.1 Å². The number of nitrogens with one attached hydrogen (secondary N) is 1. The smallest absolute Gasteiger partial charge is 0.355 e. The summed E-state index contributed by atoms with van der Waals surface area (Å²) in [5.74, 6) is -2.77. The second-order valence-electron chi connectivity index (χ2n) is 7.84. The Morgan fingerprint density at radius 3 is 2.46 bits per heavy atom. The highest BCUT2D eigenvalue weighted by molar-refractivity contribution is 8.00. The van der Waals surface area contributed by atoms with Crippen molar-refractivity contribution in [2.75, 3.05) is 5.75 Å². The maximum atomic E-state index is 12.9. The molecule has 2 atom stereocenters. The van der Waals surface area contributed by atoms with E-state index in [9.17, 15) is 34.4 Å². The predicted octanol–water partition coefficient (Wildman–Crippen LogP) is 2.32. The number of thioether (sulfide) groups is 1. The summed E-state index contributed by atoms with van der Waals surface area (Å²) in [6.07, 6.45) is 0. The molecule has 2 aromatic rings. The zero-order valence-corrected chi connectivity index (χ0v) is 19.1. The molecule has 0 radical (unpaired) electrons. The molecule has 0 spiro atoms. The largest absolute Gasteiger partial charge is 0.478 e. The van der Waals surface area contributed by atoms with E-state index >= 15 is 0 Å². The second-order valence-corrected chi connectivity index (χ2v) is 8.95. The summed E-state index contributed by atoms with van der Waals surface area (Å²) in [5, 5.41) is 22.1. The first-order valence-electron chi connectivity index (χ1n) is 10.4. The number of β-lactam (4-membered cyclic amide) rings is 1. The number of hydrogen-bond donors (Lipinski definition) is 2. The predicted molar refractivity (Wildman–Crippen MR) is 123 cm³/mol. The molecule has 2 aliphatic rings. The number of nitro benzene ring substituents is 1. The van der Waals surface area contributed by atoms with E-state index in [0.29, 0.717) is 16.9 Å². The van der Waals surface area contributed by atoms with Crippen molar-refractivity contribution in [3.05, 3.63) is 86.6 Å². The number of benzene rings is 2. The fourth-order valence-electron chi connectivity index (χ4n) is 3.78. The first kappa shape index (κ1) is 24.0. The van der Waals surface area contributed by atoms with Crippen LogP contribution in [0.25, 0.3) is 0 Å². The van der Waals surface area contributed by atoms with Gasteiger partial charge in [-0.05, 0) is 42.3 Å². The molecule has 1 fully saturated rings. The van der Waals surface area contributed by atoms with Crippen LogP contribution < -0.4 is 5.32 Å². The molecule has 2 N–H and O–H groups in total. The quantitative estimate of drug-likeness (QED) is 0.254. The fraction of sp³-hybridized carbons (Fsp3) is 0.217. The number of ether oxygens (including phenoxy) is 1. The summed E-state index contributed by atoms with van der Waals surface area (Å²) >= 11 is 1.37. The Bertz CT molecular complexity index is 1270. The van der Waals surface area contributed by atoms with Gasteiger partial charge in [-0.2, -0.15) is 0 Å². The van der Waals surface area contributed by atoms with Crippen molar-refractivity contribution in [1.29, 1.82) is 0 Å². The van der Waals surface area contributed by atoms with Gasteiger partial charge in [-0.15, -0.1) is 11.8 Å². The molecule has 0 saturated carbocycles. The molecule has 0 aromatic heterocycles. The topological polar surface area (TPSA) is 156 Å². The van der Waals surface area contributed by atoms with Crippen LogP contribution in [0, 0.1) is 10.1 Å². The number of amides is 2. The van der Waals surface area contributed by atoms with Crippen molar-refractivity contribution >= 4 is 41.2 Å². The average Bonchev–Trinajstić information content (AvgIpc) is 2.85. The van der Waals surface area contributed by atoms with Crippen molar-refractivity contribution in [3.63, 3.8) is 0 Å². The number of aromatic carboxylic acids is 1. The van der Waals surface area contributed by atoms with Crippen LogP contribution in [0.1, 0.15) is 33.2 Å². The van der Waals surface area contributed by atoms with Crippen LogP contribution in [-0.2, 0) is 20.9 Å².